The topological polar surface area (TPSA) is 127 Å². The second kappa shape index (κ2) is 29.1. The Morgan fingerprint density at radius 3 is 1.10 bits per heavy atom. The number of hydrogen-bond acceptors (Lipinski definition) is 4. The minimum absolute atomic E-state index is 0. The molecule has 7 heteroatoms. The van der Waals surface area contributed by atoms with Gasteiger partial charge in [-0.3, -0.25) is 0 Å². The Balaban J connectivity index is -0.000000451. The van der Waals surface area contributed by atoms with Crippen LogP contribution < -0.4 is 11.5 Å². The van der Waals surface area contributed by atoms with Crippen LogP contribution in [0.1, 0.15) is 89.9 Å². The van der Waals surface area contributed by atoms with Gasteiger partial charge < -0.3 is 21.7 Å². The third-order valence-electron chi connectivity index (χ3n) is 4.17. The molecule has 0 spiro atoms. The Labute approximate surface area is 187 Å². The van der Waals surface area contributed by atoms with Crippen molar-refractivity contribution in [2.75, 3.05) is 13.1 Å². The Morgan fingerprint density at radius 2 is 0.828 bits per heavy atom. The zero-order valence-corrected chi connectivity index (χ0v) is 18.7. The molecule has 0 unspecified atom stereocenters. The number of carbonyl (C=O) groups is 2. The maximum Gasteiger partial charge on any atom is 0.327 e. The van der Waals surface area contributed by atoms with E-state index in [4.69, 9.17) is 21.7 Å². The van der Waals surface area contributed by atoms with Gasteiger partial charge in [-0.05, 0) is 51.6 Å². The molecule has 0 atom stereocenters. The first-order valence-electron chi connectivity index (χ1n) is 10.7. The van der Waals surface area contributed by atoms with Crippen LogP contribution in [0.5, 0.6) is 0 Å². The van der Waals surface area contributed by atoms with Crippen LogP contribution in [0.2, 0.25) is 0 Å². The minimum atomic E-state index is -0.854. The molecule has 0 bridgehead atoms. The largest absolute Gasteiger partial charge is 0.478 e. The summed E-state index contributed by atoms with van der Waals surface area (Å²) in [6.07, 6.45) is 21.9. The van der Waals surface area contributed by atoms with Gasteiger partial charge in [0.2, 0.25) is 0 Å². The first-order valence-corrected chi connectivity index (χ1v) is 10.7. The predicted molar refractivity (Wildman–Crippen MR) is 116 cm³/mol. The van der Waals surface area contributed by atoms with Gasteiger partial charge in [0.15, 0.2) is 0 Å². The molecule has 0 heterocycles. The number of allylic oxidation sites excluding steroid dienone is 2. The number of carboxylic acid groups (broad SMARTS) is 2. The van der Waals surface area contributed by atoms with Gasteiger partial charge in [0.1, 0.15) is 0 Å². The third kappa shape index (κ3) is 38.1. The molecule has 0 saturated heterocycles. The Hall–Kier alpha value is -1.14. The number of hydrogen-bond donors (Lipinski definition) is 4. The van der Waals surface area contributed by atoms with Gasteiger partial charge in [-0.15, -0.1) is 0 Å². The molecule has 0 rings (SSSR count). The molecule has 0 aromatic rings. The molecule has 6 nitrogen and oxygen atoms in total. The predicted octanol–water partition coefficient (Wildman–Crippen LogP) is 4.63. The first kappa shape index (κ1) is 32.5. The fraction of sp³-hybridized carbons (Fsp3) is 0.727. The van der Waals surface area contributed by atoms with Gasteiger partial charge in [-0.2, -0.15) is 0 Å². The summed E-state index contributed by atoms with van der Waals surface area (Å²) in [7, 11) is 0. The average Bonchev–Trinajstić information content (AvgIpc) is 2.65. The zero-order valence-electron chi connectivity index (χ0n) is 17.8. The van der Waals surface area contributed by atoms with Crippen LogP contribution in [0, 0.1) is 0 Å². The van der Waals surface area contributed by atoms with Crippen molar-refractivity contribution >= 4 is 11.9 Å². The van der Waals surface area contributed by atoms with Crippen LogP contribution in [0.4, 0.5) is 0 Å². The molecule has 0 aliphatic carbocycles. The quantitative estimate of drug-likeness (QED) is 0.134. The van der Waals surface area contributed by atoms with Gasteiger partial charge >= 0.3 is 11.9 Å². The van der Waals surface area contributed by atoms with Gasteiger partial charge in [0, 0.05) is 29.2 Å². The number of rotatable bonds is 18. The van der Waals surface area contributed by atoms with Crippen LogP contribution in [0.15, 0.2) is 24.3 Å². The van der Waals surface area contributed by atoms with E-state index in [1.807, 2.05) is 0 Å². The number of aliphatic carboxylic acids is 2. The van der Waals surface area contributed by atoms with Crippen molar-refractivity contribution in [3.63, 3.8) is 0 Å². The fourth-order valence-corrected chi connectivity index (χ4v) is 2.60. The summed E-state index contributed by atoms with van der Waals surface area (Å²) in [5.41, 5.74) is 10.7. The van der Waals surface area contributed by atoms with E-state index in [1.165, 1.54) is 63.5 Å². The van der Waals surface area contributed by atoms with E-state index in [0.29, 0.717) is 0 Å². The van der Waals surface area contributed by atoms with Crippen molar-refractivity contribution in [1.82, 2.24) is 0 Å². The van der Waals surface area contributed by atoms with Crippen LogP contribution in [0.3, 0.4) is 0 Å². The molecule has 0 fully saturated rings. The molecule has 1 radical (unpaired) electrons. The maximum absolute atomic E-state index is 10.1. The second-order valence-electron chi connectivity index (χ2n) is 6.88. The number of unbranched alkanes of at least 4 members (excludes halogenated alkanes) is 12. The molecular formula is C22H42CuN2O4. The molecule has 175 valence electrons. The molecular weight excluding hydrogens is 420 g/mol. The SMILES string of the molecule is NCCCCCCCCC=CC(=O)O.NCCCCCCCCC=CC(=O)O.[Cu]. The summed E-state index contributed by atoms with van der Waals surface area (Å²) < 4.78 is 0. The number of nitrogens with two attached hydrogens (primary N) is 2. The molecule has 0 aromatic heterocycles. The van der Waals surface area contributed by atoms with Gasteiger partial charge in [-0.1, -0.05) is 63.5 Å². The molecule has 6 N–H and O–H groups in total. The summed E-state index contributed by atoms with van der Waals surface area (Å²) >= 11 is 0. The van der Waals surface area contributed by atoms with E-state index in [0.717, 1.165) is 51.6 Å². The Morgan fingerprint density at radius 1 is 0.552 bits per heavy atom. The van der Waals surface area contributed by atoms with Crippen LogP contribution in [-0.4, -0.2) is 35.2 Å². The molecule has 0 aliphatic heterocycles. The van der Waals surface area contributed by atoms with E-state index in [1.54, 1.807) is 12.2 Å². The van der Waals surface area contributed by atoms with Crippen molar-refractivity contribution in [2.24, 2.45) is 11.5 Å². The van der Waals surface area contributed by atoms with Crippen molar-refractivity contribution in [3.8, 4) is 0 Å². The summed E-state index contributed by atoms with van der Waals surface area (Å²) in [6, 6.07) is 0. The van der Waals surface area contributed by atoms with Crippen LogP contribution >= 0.6 is 0 Å². The molecule has 0 amide bonds. The average molecular weight is 462 g/mol. The smallest absolute Gasteiger partial charge is 0.327 e. The van der Waals surface area contributed by atoms with Crippen LogP contribution in [-0.2, 0) is 26.7 Å². The van der Waals surface area contributed by atoms with Crippen molar-refractivity contribution in [2.45, 2.75) is 89.9 Å². The molecule has 0 aromatic carbocycles. The molecule has 0 aliphatic rings. The van der Waals surface area contributed by atoms with Gasteiger partial charge in [-0.25, -0.2) is 9.59 Å². The first-order chi connectivity index (χ1) is 13.5. The van der Waals surface area contributed by atoms with E-state index < -0.39 is 11.9 Å². The van der Waals surface area contributed by atoms with Crippen molar-refractivity contribution in [1.29, 1.82) is 0 Å². The Kier molecular flexibility index (Phi) is 32.6. The zero-order chi connectivity index (χ0) is 21.3. The van der Waals surface area contributed by atoms with E-state index >= 15 is 0 Å². The van der Waals surface area contributed by atoms with Crippen molar-refractivity contribution < 1.29 is 36.9 Å². The van der Waals surface area contributed by atoms with E-state index in [9.17, 15) is 9.59 Å². The normalized spacial score (nSPS) is 10.6. The van der Waals surface area contributed by atoms with Crippen LogP contribution in [0.25, 0.3) is 0 Å². The van der Waals surface area contributed by atoms with Gasteiger partial charge in [0.05, 0.1) is 0 Å². The summed E-state index contributed by atoms with van der Waals surface area (Å²) in [6.45, 7) is 1.59. The Bertz CT molecular complexity index is 378. The maximum atomic E-state index is 10.1. The van der Waals surface area contributed by atoms with E-state index in [2.05, 4.69) is 0 Å². The summed E-state index contributed by atoms with van der Waals surface area (Å²) in [4.78, 5) is 20.2. The molecule has 0 saturated carbocycles. The summed E-state index contributed by atoms with van der Waals surface area (Å²) in [5.74, 6) is -1.71. The monoisotopic (exact) mass is 461 g/mol. The molecule has 29 heavy (non-hydrogen) atoms. The second-order valence-corrected chi connectivity index (χ2v) is 6.88. The standard InChI is InChI=1S/2C11H21NO2.Cu/c2*12-10-8-6-4-2-1-3-5-7-9-11(13)14;/h2*7,9H,1-6,8,10,12H2,(H,13,14);. The van der Waals surface area contributed by atoms with E-state index in [-0.39, 0.29) is 17.1 Å². The third-order valence-corrected chi connectivity index (χ3v) is 4.17. The summed E-state index contributed by atoms with van der Waals surface area (Å²) in [5, 5.41) is 16.6. The van der Waals surface area contributed by atoms with Crippen molar-refractivity contribution in [3.05, 3.63) is 24.3 Å². The number of carboxylic acids is 2. The fourth-order valence-electron chi connectivity index (χ4n) is 2.60. The van der Waals surface area contributed by atoms with Gasteiger partial charge in [0.25, 0.3) is 0 Å². The minimum Gasteiger partial charge on any atom is -0.478 e.